The molecule has 2 saturated heterocycles. The minimum Gasteiger partial charge on any atom is -0.378 e. The summed E-state index contributed by atoms with van der Waals surface area (Å²) in [5.74, 6) is 0.315. The summed E-state index contributed by atoms with van der Waals surface area (Å²) >= 11 is 0. The number of amides is 3. The molecule has 41 heavy (non-hydrogen) atoms. The molecule has 12 nitrogen and oxygen atoms in total. The van der Waals surface area contributed by atoms with Crippen molar-refractivity contribution in [2.75, 3.05) is 56.7 Å². The number of ether oxygens (including phenoxy) is 1. The van der Waals surface area contributed by atoms with Crippen LogP contribution in [0.2, 0.25) is 0 Å². The number of likely N-dealkylation sites (tertiary alicyclic amines) is 1. The summed E-state index contributed by atoms with van der Waals surface area (Å²) in [6.07, 6.45) is 6.40. The molecule has 0 radical (unpaired) electrons. The number of anilines is 2. The van der Waals surface area contributed by atoms with Gasteiger partial charge >= 0.3 is 6.03 Å². The third-order valence-corrected chi connectivity index (χ3v) is 7.45. The predicted octanol–water partition coefficient (Wildman–Crippen LogP) is 3.09. The Morgan fingerprint density at radius 3 is 2.56 bits per heavy atom. The fourth-order valence-electron chi connectivity index (χ4n) is 5.27. The number of piperidine rings is 1. The molecule has 0 atom stereocenters. The van der Waals surface area contributed by atoms with Crippen molar-refractivity contribution in [1.82, 2.24) is 34.9 Å². The number of hydrogen-bond donors (Lipinski definition) is 2. The van der Waals surface area contributed by atoms with Crippen LogP contribution in [-0.2, 0) is 4.74 Å². The van der Waals surface area contributed by atoms with Gasteiger partial charge in [-0.15, -0.1) is 0 Å². The van der Waals surface area contributed by atoms with Gasteiger partial charge in [-0.1, -0.05) is 0 Å². The maximum atomic E-state index is 15.4. The van der Waals surface area contributed by atoms with E-state index in [1.165, 1.54) is 13.1 Å². The van der Waals surface area contributed by atoms with Crippen LogP contribution in [0.1, 0.15) is 29.2 Å². The zero-order valence-electron chi connectivity index (χ0n) is 22.6. The molecule has 1 aromatic carbocycles. The van der Waals surface area contributed by atoms with Gasteiger partial charge in [-0.2, -0.15) is 5.10 Å². The summed E-state index contributed by atoms with van der Waals surface area (Å²) in [4.78, 5) is 42.2. The fourth-order valence-corrected chi connectivity index (χ4v) is 5.27. The number of morpholine rings is 1. The number of urea groups is 1. The number of pyridine rings is 1. The minimum absolute atomic E-state index is 0.00900. The number of carbonyl (C=O) groups excluding carboxylic acids is 2. The molecule has 212 valence electrons. The molecule has 0 saturated carbocycles. The van der Waals surface area contributed by atoms with Gasteiger partial charge in [0.1, 0.15) is 11.6 Å². The summed E-state index contributed by atoms with van der Waals surface area (Å²) < 4.78 is 22.8. The molecule has 0 bridgehead atoms. The lowest BCUT2D eigenvalue weighted by atomic mass is 10.0. The van der Waals surface area contributed by atoms with Crippen molar-refractivity contribution >= 4 is 34.5 Å². The molecular weight excluding hydrogens is 529 g/mol. The number of carbonyl (C=O) groups is 2. The summed E-state index contributed by atoms with van der Waals surface area (Å²) in [5.41, 5.74) is 1.72. The van der Waals surface area contributed by atoms with Gasteiger partial charge in [-0.25, -0.2) is 23.8 Å². The first-order valence-electron chi connectivity index (χ1n) is 13.6. The molecule has 2 aliphatic heterocycles. The Labute approximate surface area is 235 Å². The van der Waals surface area contributed by atoms with E-state index in [2.05, 4.69) is 20.5 Å². The molecule has 5 heterocycles. The van der Waals surface area contributed by atoms with E-state index in [0.29, 0.717) is 75.0 Å². The Hall–Kier alpha value is -4.65. The zero-order valence-corrected chi connectivity index (χ0v) is 22.6. The van der Waals surface area contributed by atoms with E-state index in [1.807, 2.05) is 9.58 Å². The van der Waals surface area contributed by atoms with E-state index < -0.39 is 11.8 Å². The molecule has 2 fully saturated rings. The summed E-state index contributed by atoms with van der Waals surface area (Å²) in [5, 5.41) is 10.5. The van der Waals surface area contributed by atoms with E-state index in [4.69, 9.17) is 19.8 Å². The van der Waals surface area contributed by atoms with Crippen molar-refractivity contribution in [1.29, 1.82) is 0 Å². The Balaban J connectivity index is 1.32. The quantitative estimate of drug-likeness (QED) is 0.382. The van der Waals surface area contributed by atoms with Crippen LogP contribution in [0.15, 0.2) is 48.9 Å². The molecule has 4 aromatic rings. The maximum absolute atomic E-state index is 15.4. The topological polar surface area (TPSA) is 130 Å². The third-order valence-electron chi connectivity index (χ3n) is 7.45. The van der Waals surface area contributed by atoms with Crippen LogP contribution in [0, 0.1) is 5.82 Å². The first-order chi connectivity index (χ1) is 20.0. The lowest BCUT2D eigenvalue weighted by Crippen LogP contribution is -2.39. The summed E-state index contributed by atoms with van der Waals surface area (Å²) in [7, 11) is 1.49. The average molecular weight is 560 g/mol. The first-order valence-corrected chi connectivity index (χ1v) is 13.6. The maximum Gasteiger partial charge on any atom is 0.318 e. The largest absolute Gasteiger partial charge is 0.378 e. The first kappa shape index (κ1) is 26.6. The van der Waals surface area contributed by atoms with Gasteiger partial charge in [-0.3, -0.25) is 9.78 Å². The van der Waals surface area contributed by atoms with E-state index in [9.17, 15) is 9.59 Å². The number of nitrogens with zero attached hydrogens (tertiary/aromatic N) is 7. The van der Waals surface area contributed by atoms with Crippen molar-refractivity contribution < 1.29 is 18.7 Å². The third kappa shape index (κ3) is 5.40. The van der Waals surface area contributed by atoms with Crippen LogP contribution in [0.25, 0.3) is 22.4 Å². The van der Waals surface area contributed by atoms with Crippen LogP contribution in [0.5, 0.6) is 0 Å². The molecule has 2 N–H and O–H groups in total. The average Bonchev–Trinajstić information content (AvgIpc) is 3.45. The van der Waals surface area contributed by atoms with Crippen LogP contribution in [-0.4, -0.2) is 88.0 Å². The highest BCUT2D eigenvalue weighted by Crippen LogP contribution is 2.33. The van der Waals surface area contributed by atoms with E-state index in [1.54, 1.807) is 42.9 Å². The SMILES string of the molecule is CNC(=O)Nc1ccc(-c2nc(N3CCOCC3)c3cnn(C4CCN(C(=O)c5cccnc5)CC4)c3n2)c(F)c1. The van der Waals surface area contributed by atoms with E-state index >= 15 is 4.39 Å². The van der Waals surface area contributed by atoms with Crippen molar-refractivity contribution in [2.24, 2.45) is 0 Å². The van der Waals surface area contributed by atoms with E-state index in [0.717, 1.165) is 5.39 Å². The number of rotatable bonds is 5. The summed E-state index contributed by atoms with van der Waals surface area (Å²) in [6.45, 7) is 3.55. The minimum atomic E-state index is -0.556. The van der Waals surface area contributed by atoms with Crippen molar-refractivity contribution in [3.8, 4) is 11.4 Å². The number of aromatic nitrogens is 5. The predicted molar refractivity (Wildman–Crippen MR) is 150 cm³/mol. The second-order valence-electron chi connectivity index (χ2n) is 9.96. The highest BCUT2D eigenvalue weighted by molar-refractivity contribution is 5.94. The number of fused-ring (bicyclic) bond motifs is 1. The molecule has 2 aliphatic rings. The Kier molecular flexibility index (Phi) is 7.42. The smallest absolute Gasteiger partial charge is 0.318 e. The van der Waals surface area contributed by atoms with Crippen LogP contribution in [0.3, 0.4) is 0 Å². The molecule has 3 aromatic heterocycles. The van der Waals surface area contributed by atoms with Crippen molar-refractivity contribution in [2.45, 2.75) is 18.9 Å². The number of nitrogens with one attached hydrogen (secondary N) is 2. The van der Waals surface area contributed by atoms with Gasteiger partial charge < -0.3 is 25.2 Å². The van der Waals surface area contributed by atoms with Gasteiger partial charge in [0.25, 0.3) is 5.91 Å². The highest BCUT2D eigenvalue weighted by Gasteiger charge is 2.28. The molecule has 0 aliphatic carbocycles. The van der Waals surface area contributed by atoms with Gasteiger partial charge in [0, 0.05) is 51.3 Å². The number of benzene rings is 1. The van der Waals surface area contributed by atoms with E-state index in [-0.39, 0.29) is 23.3 Å². The summed E-state index contributed by atoms with van der Waals surface area (Å²) in [6, 6.07) is 7.52. The highest BCUT2D eigenvalue weighted by atomic mass is 19.1. The van der Waals surface area contributed by atoms with Gasteiger partial charge in [0.05, 0.1) is 42.0 Å². The Bertz CT molecular complexity index is 1570. The molecule has 0 unspecified atom stereocenters. The monoisotopic (exact) mass is 559 g/mol. The fraction of sp³-hybridized carbons (Fsp3) is 0.357. The Morgan fingerprint density at radius 1 is 1.05 bits per heavy atom. The molecular formula is C28H30FN9O3. The van der Waals surface area contributed by atoms with Gasteiger partial charge in [-0.05, 0) is 43.2 Å². The second-order valence-corrected chi connectivity index (χ2v) is 9.96. The van der Waals surface area contributed by atoms with Crippen LogP contribution >= 0.6 is 0 Å². The standard InChI is InChI=1S/C28H30FN9O3/c1-30-28(40)33-19-4-5-21(23(29)15-19)24-34-25(36-11-13-41-14-12-36)22-17-32-38(26(22)35-24)20-6-9-37(10-7-20)27(39)18-3-2-8-31-16-18/h2-5,8,15-17,20H,6-7,9-14H2,1H3,(H2,30,33,40). The van der Waals surface area contributed by atoms with Crippen molar-refractivity contribution in [3.05, 3.63) is 60.3 Å². The number of halogens is 1. The van der Waals surface area contributed by atoms with Gasteiger partial charge in [0.15, 0.2) is 11.5 Å². The lowest BCUT2D eigenvalue weighted by molar-refractivity contribution is 0.0691. The lowest BCUT2D eigenvalue weighted by Gasteiger charge is -2.32. The van der Waals surface area contributed by atoms with Crippen molar-refractivity contribution in [3.63, 3.8) is 0 Å². The number of hydrogen-bond acceptors (Lipinski definition) is 8. The molecule has 6 rings (SSSR count). The van der Waals surface area contributed by atoms with Crippen LogP contribution in [0.4, 0.5) is 20.7 Å². The normalized spacial score (nSPS) is 16.1. The zero-order chi connectivity index (χ0) is 28.3. The molecule has 0 spiro atoms. The van der Waals surface area contributed by atoms with Gasteiger partial charge in [0.2, 0.25) is 0 Å². The van der Waals surface area contributed by atoms with Crippen LogP contribution < -0.4 is 15.5 Å². The Morgan fingerprint density at radius 2 is 1.85 bits per heavy atom. The second kappa shape index (κ2) is 11.5. The molecule has 13 heteroatoms. The molecule has 3 amide bonds.